The van der Waals surface area contributed by atoms with Gasteiger partial charge in [-0.2, -0.15) is 0 Å². The molecule has 2 atom stereocenters. The molecule has 0 aromatic heterocycles. The summed E-state index contributed by atoms with van der Waals surface area (Å²) in [6.07, 6.45) is 0.833. The first kappa shape index (κ1) is 12.1. The maximum absolute atomic E-state index is 12.9. The monoisotopic (exact) mass is 214 g/mol. The fourth-order valence-electron chi connectivity index (χ4n) is 1.69. The Morgan fingerprint density at radius 1 is 1.20 bits per heavy atom. The Hall–Kier alpha value is -0.960. The molecule has 0 aliphatic rings. The largest absolute Gasteiger partial charge is 0.393 e. The molecule has 0 heterocycles. The van der Waals surface area contributed by atoms with Crippen LogP contribution in [0.2, 0.25) is 0 Å². The summed E-state index contributed by atoms with van der Waals surface area (Å²) in [6, 6.07) is 3.48. The molecule has 0 radical (unpaired) electrons. The Kier molecular flexibility index (Phi) is 4.21. The lowest BCUT2D eigenvalue weighted by Crippen LogP contribution is -2.18. The van der Waals surface area contributed by atoms with Crippen LogP contribution < -0.4 is 0 Å². The Labute approximate surface area is 88.7 Å². The molecule has 0 aliphatic carbocycles. The van der Waals surface area contributed by atoms with E-state index in [9.17, 15) is 13.9 Å². The van der Waals surface area contributed by atoms with Crippen LogP contribution in [-0.4, -0.2) is 11.2 Å². The average molecular weight is 214 g/mol. The smallest absolute Gasteiger partial charge is 0.126 e. The van der Waals surface area contributed by atoms with Crippen LogP contribution >= 0.6 is 0 Å². The van der Waals surface area contributed by atoms with Gasteiger partial charge >= 0.3 is 0 Å². The van der Waals surface area contributed by atoms with Gasteiger partial charge in [0.2, 0.25) is 0 Å². The number of hydrogen-bond donors (Lipinski definition) is 1. The summed E-state index contributed by atoms with van der Waals surface area (Å²) in [5.41, 5.74) is 0.597. The maximum atomic E-state index is 12.9. The van der Waals surface area contributed by atoms with E-state index >= 15 is 0 Å². The van der Waals surface area contributed by atoms with Crippen LogP contribution in [-0.2, 0) is 6.42 Å². The molecule has 0 fully saturated rings. The van der Waals surface area contributed by atoms with E-state index in [1.807, 2.05) is 6.92 Å². The van der Waals surface area contributed by atoms with Crippen LogP contribution in [0.15, 0.2) is 18.2 Å². The Morgan fingerprint density at radius 3 is 2.13 bits per heavy atom. The van der Waals surface area contributed by atoms with Crippen LogP contribution in [0, 0.1) is 17.6 Å². The Balaban J connectivity index is 2.79. The summed E-state index contributed by atoms with van der Waals surface area (Å²) in [5.74, 6) is -1.08. The number of aliphatic hydroxyl groups is 1. The second-order valence-corrected chi connectivity index (χ2v) is 3.89. The highest BCUT2D eigenvalue weighted by atomic mass is 19.1. The van der Waals surface area contributed by atoms with E-state index in [0.717, 1.165) is 12.5 Å². The van der Waals surface area contributed by atoms with Gasteiger partial charge in [0.05, 0.1) is 6.10 Å². The minimum absolute atomic E-state index is 0.0474. The van der Waals surface area contributed by atoms with Gasteiger partial charge in [-0.25, -0.2) is 8.78 Å². The zero-order valence-electron chi connectivity index (χ0n) is 9.00. The van der Waals surface area contributed by atoms with E-state index < -0.39 is 17.7 Å². The van der Waals surface area contributed by atoms with Gasteiger partial charge in [0.25, 0.3) is 0 Å². The van der Waals surface area contributed by atoms with Crippen molar-refractivity contribution >= 4 is 0 Å². The van der Waals surface area contributed by atoms with Gasteiger partial charge in [-0.05, 0) is 37.0 Å². The highest BCUT2D eigenvalue weighted by molar-refractivity contribution is 5.18. The summed E-state index contributed by atoms with van der Waals surface area (Å²) in [7, 11) is 0. The van der Waals surface area contributed by atoms with Gasteiger partial charge in [-0.1, -0.05) is 13.3 Å². The van der Waals surface area contributed by atoms with Crippen molar-refractivity contribution in [2.24, 2.45) is 5.92 Å². The minimum Gasteiger partial charge on any atom is -0.393 e. The van der Waals surface area contributed by atoms with Crippen molar-refractivity contribution in [3.05, 3.63) is 35.4 Å². The lowest BCUT2D eigenvalue weighted by Gasteiger charge is -2.17. The van der Waals surface area contributed by atoms with Gasteiger partial charge in [0.1, 0.15) is 11.6 Å². The molecule has 84 valence electrons. The van der Waals surface area contributed by atoms with Gasteiger partial charge in [-0.15, -0.1) is 0 Å². The summed E-state index contributed by atoms with van der Waals surface area (Å²) in [6.45, 7) is 3.65. The first-order valence-corrected chi connectivity index (χ1v) is 5.16. The van der Waals surface area contributed by atoms with Crippen molar-refractivity contribution in [1.82, 2.24) is 0 Å². The molecule has 1 rings (SSSR count). The molecular formula is C12H16F2O. The molecule has 1 N–H and O–H groups in total. The van der Waals surface area contributed by atoms with Crippen molar-refractivity contribution < 1.29 is 13.9 Å². The van der Waals surface area contributed by atoms with Gasteiger partial charge in [-0.3, -0.25) is 0 Å². The maximum Gasteiger partial charge on any atom is 0.126 e. The quantitative estimate of drug-likeness (QED) is 0.817. The Morgan fingerprint density at radius 2 is 1.73 bits per heavy atom. The van der Waals surface area contributed by atoms with Gasteiger partial charge < -0.3 is 5.11 Å². The normalized spacial score (nSPS) is 15.0. The lowest BCUT2D eigenvalue weighted by molar-refractivity contribution is 0.123. The summed E-state index contributed by atoms with van der Waals surface area (Å²) in [4.78, 5) is 0. The summed E-state index contributed by atoms with van der Waals surface area (Å²) in [5, 5.41) is 9.42. The van der Waals surface area contributed by atoms with Crippen molar-refractivity contribution in [3.8, 4) is 0 Å². The van der Waals surface area contributed by atoms with Crippen LogP contribution in [0.5, 0.6) is 0 Å². The molecule has 2 unspecified atom stereocenters. The first-order chi connectivity index (χ1) is 7.02. The second-order valence-electron chi connectivity index (χ2n) is 3.89. The van der Waals surface area contributed by atoms with Crippen LogP contribution in [0.4, 0.5) is 8.78 Å². The van der Waals surface area contributed by atoms with Crippen molar-refractivity contribution in [3.63, 3.8) is 0 Å². The first-order valence-electron chi connectivity index (χ1n) is 5.16. The van der Waals surface area contributed by atoms with Crippen molar-refractivity contribution in [2.75, 3.05) is 0 Å². The fraction of sp³-hybridized carbons (Fsp3) is 0.500. The molecule has 0 spiro atoms. The SMILES string of the molecule is CCC(Cc1cc(F)cc(F)c1)C(C)O. The Bertz CT molecular complexity index is 303. The number of benzene rings is 1. The zero-order valence-corrected chi connectivity index (χ0v) is 9.00. The van der Waals surface area contributed by atoms with Gasteiger partial charge in [0.15, 0.2) is 0 Å². The predicted octanol–water partition coefficient (Wildman–Crippen LogP) is 2.91. The third-order valence-corrected chi connectivity index (χ3v) is 2.63. The third-order valence-electron chi connectivity index (χ3n) is 2.63. The van der Waals surface area contributed by atoms with E-state index in [1.165, 1.54) is 12.1 Å². The minimum atomic E-state index is -0.564. The zero-order chi connectivity index (χ0) is 11.4. The van der Waals surface area contributed by atoms with Crippen LogP contribution in [0.25, 0.3) is 0 Å². The van der Waals surface area contributed by atoms with Crippen molar-refractivity contribution in [2.45, 2.75) is 32.8 Å². The third kappa shape index (κ3) is 3.59. The van der Waals surface area contributed by atoms with Crippen molar-refractivity contribution in [1.29, 1.82) is 0 Å². The van der Waals surface area contributed by atoms with E-state index in [0.29, 0.717) is 12.0 Å². The number of rotatable bonds is 4. The van der Waals surface area contributed by atoms with Crippen LogP contribution in [0.3, 0.4) is 0 Å². The van der Waals surface area contributed by atoms with E-state index in [2.05, 4.69) is 0 Å². The second kappa shape index (κ2) is 5.21. The summed E-state index contributed by atoms with van der Waals surface area (Å²) >= 11 is 0. The molecule has 0 saturated heterocycles. The number of aliphatic hydroxyl groups excluding tert-OH is 1. The number of halogens is 2. The standard InChI is InChI=1S/C12H16F2O/c1-3-10(8(2)15)4-9-5-11(13)7-12(14)6-9/h5-8,10,15H,3-4H2,1-2H3. The van der Waals surface area contributed by atoms with E-state index in [4.69, 9.17) is 0 Å². The molecule has 3 heteroatoms. The fourth-order valence-corrected chi connectivity index (χ4v) is 1.69. The number of hydrogen-bond acceptors (Lipinski definition) is 1. The molecule has 0 bridgehead atoms. The molecule has 0 aliphatic heterocycles. The van der Waals surface area contributed by atoms with Crippen LogP contribution in [0.1, 0.15) is 25.8 Å². The molecule has 15 heavy (non-hydrogen) atoms. The highest BCUT2D eigenvalue weighted by Gasteiger charge is 2.14. The topological polar surface area (TPSA) is 20.2 Å². The highest BCUT2D eigenvalue weighted by Crippen LogP contribution is 2.17. The molecule has 0 saturated carbocycles. The van der Waals surface area contributed by atoms with Gasteiger partial charge in [0, 0.05) is 6.07 Å². The lowest BCUT2D eigenvalue weighted by atomic mass is 9.92. The predicted molar refractivity (Wildman–Crippen MR) is 55.5 cm³/mol. The molecule has 1 aromatic carbocycles. The van der Waals surface area contributed by atoms with E-state index in [-0.39, 0.29) is 5.92 Å². The molecule has 0 amide bonds. The molecule has 1 nitrogen and oxygen atoms in total. The van der Waals surface area contributed by atoms with E-state index in [1.54, 1.807) is 6.92 Å². The average Bonchev–Trinajstić information content (AvgIpc) is 2.12. The molecule has 1 aromatic rings. The molecular weight excluding hydrogens is 198 g/mol. The summed E-state index contributed by atoms with van der Waals surface area (Å²) < 4.78 is 25.8.